The molecular formula is C57H66N10. The Balaban J connectivity index is 0.000000201. The van der Waals surface area contributed by atoms with Gasteiger partial charge in [0.25, 0.3) is 0 Å². The topological polar surface area (TPSA) is 119 Å². The lowest BCUT2D eigenvalue weighted by Gasteiger charge is -2.02. The van der Waals surface area contributed by atoms with Crippen molar-refractivity contribution in [2.45, 2.75) is 74.4 Å². The maximum atomic E-state index is 4.23. The molecule has 0 amide bonds. The third-order valence-corrected chi connectivity index (χ3v) is 9.11. The molecule has 3 aliphatic rings. The summed E-state index contributed by atoms with van der Waals surface area (Å²) in [6.07, 6.45) is 27.5. The van der Waals surface area contributed by atoms with Gasteiger partial charge in [-0.15, -0.1) is 0 Å². The summed E-state index contributed by atoms with van der Waals surface area (Å²) in [5.74, 6) is 0.822. The van der Waals surface area contributed by atoms with Crippen molar-refractivity contribution in [1.29, 1.82) is 0 Å². The molecule has 0 N–H and O–H groups in total. The number of allylic oxidation sites excluding steroid dienone is 2. The van der Waals surface area contributed by atoms with Crippen LogP contribution < -0.4 is 0 Å². The van der Waals surface area contributed by atoms with Gasteiger partial charge in [-0.25, -0.2) is 9.97 Å². The van der Waals surface area contributed by atoms with Crippen LogP contribution in [0.1, 0.15) is 71.0 Å². The molecule has 0 atom stereocenters. The lowest BCUT2D eigenvalue weighted by molar-refractivity contribution is 0.353. The molecule has 0 spiro atoms. The first kappa shape index (κ1) is 53.6. The van der Waals surface area contributed by atoms with E-state index in [9.17, 15) is 0 Å². The second-order valence-electron chi connectivity index (χ2n) is 15.4. The molecular weight excluding hydrogens is 825 g/mol. The van der Waals surface area contributed by atoms with Gasteiger partial charge in [-0.3, -0.25) is 39.8 Å². The van der Waals surface area contributed by atoms with Crippen LogP contribution in [0.2, 0.25) is 0 Å². The number of hydrogen-bond acceptors (Lipinski definition) is 10. The Morgan fingerprint density at radius 1 is 0.433 bits per heavy atom. The van der Waals surface area contributed by atoms with Gasteiger partial charge in [-0.2, -0.15) is 0 Å². The van der Waals surface area contributed by atoms with Crippen LogP contribution in [0.3, 0.4) is 0 Å². The van der Waals surface area contributed by atoms with E-state index in [-0.39, 0.29) is 0 Å². The van der Waals surface area contributed by atoms with E-state index in [4.69, 9.17) is 0 Å². The summed E-state index contributed by atoms with van der Waals surface area (Å²) in [5, 5.41) is 0. The quantitative estimate of drug-likeness (QED) is 0.147. The summed E-state index contributed by atoms with van der Waals surface area (Å²) in [7, 11) is 2.15. The van der Waals surface area contributed by atoms with E-state index in [0.717, 1.165) is 48.8 Å². The molecule has 0 saturated carbocycles. The monoisotopic (exact) mass is 891 g/mol. The molecule has 11 rings (SSSR count). The van der Waals surface area contributed by atoms with E-state index in [0.29, 0.717) is 0 Å². The Hall–Kier alpha value is -7.69. The number of rotatable bonds is 0. The minimum Gasteiger partial charge on any atom is -0.298 e. The van der Waals surface area contributed by atoms with E-state index in [1.165, 1.54) is 39.1 Å². The van der Waals surface area contributed by atoms with Crippen molar-refractivity contribution in [1.82, 2.24) is 44.8 Å². The van der Waals surface area contributed by atoms with Gasteiger partial charge in [0.15, 0.2) is 0 Å². The lowest BCUT2D eigenvalue weighted by Crippen LogP contribution is -2.07. The van der Waals surface area contributed by atoms with Crippen molar-refractivity contribution < 1.29 is 0 Å². The maximum Gasteiger partial charge on any atom is 0.125 e. The van der Waals surface area contributed by atoms with Crippen LogP contribution in [0.4, 0.5) is 0 Å². The summed E-state index contributed by atoms with van der Waals surface area (Å²) in [5.41, 5.74) is 12.6. The third-order valence-electron chi connectivity index (χ3n) is 9.11. The predicted molar refractivity (Wildman–Crippen MR) is 277 cm³/mol. The van der Waals surface area contributed by atoms with Crippen LogP contribution in [0, 0.1) is 34.6 Å². The van der Waals surface area contributed by atoms with Crippen molar-refractivity contribution in [3.8, 4) is 0 Å². The summed E-state index contributed by atoms with van der Waals surface area (Å²) in [4.78, 5) is 37.7. The highest BCUT2D eigenvalue weighted by Gasteiger charge is 2.13. The van der Waals surface area contributed by atoms with E-state index < -0.39 is 0 Å². The van der Waals surface area contributed by atoms with Gasteiger partial charge in [0, 0.05) is 105 Å². The molecule has 8 aromatic rings. The molecule has 67 heavy (non-hydrogen) atoms. The smallest absolute Gasteiger partial charge is 0.125 e. The van der Waals surface area contributed by atoms with E-state index >= 15 is 0 Å². The SMILES string of the molecule is CC1=Cc2ncccc2C1.CC1=NC=CC1.CN1Cc2ccccc2C1.Cc1ccccn1.Cc1cccnc1.Cc1ccncc1.Cc1cnccn1.Cc1ncccn1.c1ccccc1. The van der Waals surface area contributed by atoms with E-state index in [1.807, 2.05) is 145 Å². The van der Waals surface area contributed by atoms with Gasteiger partial charge >= 0.3 is 0 Å². The minimum atomic E-state index is 0.822. The fourth-order valence-electron chi connectivity index (χ4n) is 5.73. The molecule has 6 aromatic heterocycles. The zero-order valence-electron chi connectivity index (χ0n) is 40.4. The van der Waals surface area contributed by atoms with Gasteiger partial charge < -0.3 is 0 Å². The van der Waals surface area contributed by atoms with Crippen LogP contribution >= 0.6 is 0 Å². The van der Waals surface area contributed by atoms with Gasteiger partial charge in [0.2, 0.25) is 0 Å². The van der Waals surface area contributed by atoms with Crippen molar-refractivity contribution in [2.24, 2.45) is 4.99 Å². The Kier molecular flexibility index (Phi) is 27.0. The normalized spacial score (nSPS) is 11.7. The van der Waals surface area contributed by atoms with E-state index in [1.54, 1.807) is 61.8 Å². The van der Waals surface area contributed by atoms with Crippen LogP contribution in [0.25, 0.3) is 6.08 Å². The molecule has 344 valence electrons. The standard InChI is InChI=1S/C9H9N.C9H11N.3C6H7N.C6H6.2C5H6N2.C5H7N/c1-7-5-8-3-2-4-10-9(8)6-7;1-10-6-8-4-2-3-5-9(8)7-10;1-6-2-4-7-5-3-6;1-6-3-2-4-7-5-6;1-6-4-2-3-5-7-6;1-2-4-6-5-3-1;1-5-4-6-2-3-7-5;1-5-6-3-2-4-7-5;1-5-3-2-4-6-5/h2-4,6H,5H2,1H3;2-5H,6-7H2,1H3;3*2-5H,1H3;1-6H;2*2-4H,1H3;2,4H,3H2,1H3. The number of aliphatic imine (C=N–C) groups is 1. The first-order valence-electron chi connectivity index (χ1n) is 22.2. The summed E-state index contributed by atoms with van der Waals surface area (Å²) in [6, 6.07) is 40.3. The summed E-state index contributed by atoms with van der Waals surface area (Å²) >= 11 is 0. The average Bonchev–Trinajstić information content (AvgIpc) is 4.11. The van der Waals surface area contributed by atoms with Crippen molar-refractivity contribution in [2.75, 3.05) is 7.05 Å². The molecule has 2 aromatic carbocycles. The van der Waals surface area contributed by atoms with Gasteiger partial charge in [-0.05, 0) is 138 Å². The third kappa shape index (κ3) is 26.6. The summed E-state index contributed by atoms with van der Waals surface area (Å²) in [6.45, 7) is 16.2. The molecule has 8 heterocycles. The summed E-state index contributed by atoms with van der Waals surface area (Å²) < 4.78 is 0. The number of nitrogens with zero attached hydrogens (tertiary/aromatic N) is 10. The Bertz CT molecular complexity index is 2260. The molecule has 0 bridgehead atoms. The molecule has 10 heteroatoms. The zero-order valence-corrected chi connectivity index (χ0v) is 40.4. The largest absolute Gasteiger partial charge is 0.298 e. The van der Waals surface area contributed by atoms with E-state index in [2.05, 4.69) is 106 Å². The van der Waals surface area contributed by atoms with Crippen molar-refractivity contribution in [3.63, 3.8) is 0 Å². The second kappa shape index (κ2) is 33.8. The Morgan fingerprint density at radius 3 is 1.39 bits per heavy atom. The zero-order chi connectivity index (χ0) is 48.2. The number of fused-ring (bicyclic) bond motifs is 2. The fraction of sp³-hybridized carbons (Fsp3) is 0.211. The molecule has 0 unspecified atom stereocenters. The molecule has 1 aliphatic carbocycles. The Labute approximate surface area is 399 Å². The van der Waals surface area contributed by atoms with Gasteiger partial charge in [-0.1, -0.05) is 90.5 Å². The highest BCUT2D eigenvalue weighted by Crippen LogP contribution is 2.21. The van der Waals surface area contributed by atoms with Crippen LogP contribution in [0.15, 0.2) is 212 Å². The molecule has 0 fully saturated rings. The van der Waals surface area contributed by atoms with Gasteiger partial charge in [0.1, 0.15) is 5.82 Å². The van der Waals surface area contributed by atoms with Crippen molar-refractivity contribution in [3.05, 3.63) is 258 Å². The molecule has 10 nitrogen and oxygen atoms in total. The first-order valence-corrected chi connectivity index (χ1v) is 22.2. The Morgan fingerprint density at radius 2 is 1.01 bits per heavy atom. The fourth-order valence-corrected chi connectivity index (χ4v) is 5.73. The van der Waals surface area contributed by atoms with Crippen molar-refractivity contribution >= 4 is 11.8 Å². The number of aromatic nitrogens is 8. The number of aryl methyl sites for hydroxylation is 5. The lowest BCUT2D eigenvalue weighted by atomic mass is 10.1. The van der Waals surface area contributed by atoms with Crippen LogP contribution in [-0.4, -0.2) is 57.5 Å². The predicted octanol–water partition coefficient (Wildman–Crippen LogP) is 12.5. The molecule has 0 radical (unpaired) electrons. The average molecular weight is 891 g/mol. The molecule has 2 aliphatic heterocycles. The highest BCUT2D eigenvalue weighted by atomic mass is 15.1. The number of pyridine rings is 4. The van der Waals surface area contributed by atoms with Gasteiger partial charge in [0.05, 0.1) is 11.4 Å². The highest BCUT2D eigenvalue weighted by molar-refractivity contribution is 5.85. The molecule has 0 saturated heterocycles. The minimum absolute atomic E-state index is 0.822. The van der Waals surface area contributed by atoms with Crippen LogP contribution in [-0.2, 0) is 19.5 Å². The second-order valence-corrected chi connectivity index (χ2v) is 15.4. The first-order chi connectivity index (χ1) is 32.6. The number of benzene rings is 2. The number of hydrogen-bond donors (Lipinski definition) is 0. The maximum absolute atomic E-state index is 4.23. The van der Waals surface area contributed by atoms with Crippen LogP contribution in [0.5, 0.6) is 0 Å².